The Morgan fingerprint density at radius 2 is 2.04 bits per heavy atom. The maximum Gasteiger partial charge on any atom is 0.123 e. The smallest absolute Gasteiger partial charge is 0.123 e. The van der Waals surface area contributed by atoms with Gasteiger partial charge in [0.25, 0.3) is 0 Å². The lowest BCUT2D eigenvalue weighted by Crippen LogP contribution is -2.28. The number of benzene rings is 1. The monoisotopic (exact) mass is 340 g/mol. The summed E-state index contributed by atoms with van der Waals surface area (Å²) in [6.07, 6.45) is 6.27. The minimum Gasteiger partial charge on any atom is -0.392 e. The van der Waals surface area contributed by atoms with Crippen molar-refractivity contribution in [1.29, 1.82) is 0 Å². The standard InChI is InChI=1S/C21H25FN2O/c1-13(23-2)10-21(25)11-15-7-14(8-16(15)12-21)18-5-6-24-20-4-3-17(22)9-19(18)20/h3-6,9,14-16,23,25H,1,7-8,10-12H2,2H3. The van der Waals surface area contributed by atoms with Crippen LogP contribution in [0.1, 0.15) is 43.6 Å². The minimum atomic E-state index is -0.618. The van der Waals surface area contributed by atoms with Crippen molar-refractivity contribution < 1.29 is 9.50 Å². The second kappa shape index (κ2) is 6.10. The van der Waals surface area contributed by atoms with E-state index in [9.17, 15) is 9.50 Å². The molecule has 4 rings (SSSR count). The number of rotatable bonds is 4. The van der Waals surface area contributed by atoms with Crippen LogP contribution in [0, 0.1) is 17.7 Å². The molecule has 2 aliphatic carbocycles. The molecule has 2 aliphatic rings. The summed E-state index contributed by atoms with van der Waals surface area (Å²) in [6.45, 7) is 3.97. The molecule has 0 bridgehead atoms. The second-order valence-electron chi connectivity index (χ2n) is 7.91. The average Bonchev–Trinajstić information content (AvgIpc) is 3.08. The number of fused-ring (bicyclic) bond motifs is 2. The Hall–Kier alpha value is -1.94. The number of nitrogens with zero attached hydrogens (tertiary/aromatic N) is 1. The Morgan fingerprint density at radius 3 is 2.72 bits per heavy atom. The zero-order chi connectivity index (χ0) is 17.6. The first-order chi connectivity index (χ1) is 12.0. The topological polar surface area (TPSA) is 45.2 Å². The largest absolute Gasteiger partial charge is 0.392 e. The van der Waals surface area contributed by atoms with Crippen LogP contribution < -0.4 is 5.32 Å². The van der Waals surface area contributed by atoms with Gasteiger partial charge in [0.15, 0.2) is 0 Å². The summed E-state index contributed by atoms with van der Waals surface area (Å²) in [5, 5.41) is 14.9. The van der Waals surface area contributed by atoms with E-state index in [1.807, 2.05) is 19.3 Å². The summed E-state index contributed by atoms with van der Waals surface area (Å²) in [6, 6.07) is 6.88. The molecular weight excluding hydrogens is 315 g/mol. The van der Waals surface area contributed by atoms with Gasteiger partial charge < -0.3 is 10.4 Å². The average molecular weight is 340 g/mol. The molecule has 0 aliphatic heterocycles. The molecule has 25 heavy (non-hydrogen) atoms. The summed E-state index contributed by atoms with van der Waals surface area (Å²) in [5.74, 6) is 1.30. The van der Waals surface area contributed by atoms with E-state index in [2.05, 4.69) is 16.9 Å². The van der Waals surface area contributed by atoms with Gasteiger partial charge in [0.05, 0.1) is 11.1 Å². The first kappa shape index (κ1) is 16.5. The van der Waals surface area contributed by atoms with Gasteiger partial charge in [0, 0.05) is 30.7 Å². The lowest BCUT2D eigenvalue weighted by atomic mass is 9.87. The van der Waals surface area contributed by atoms with Crippen LogP contribution in [-0.4, -0.2) is 22.7 Å². The summed E-state index contributed by atoms with van der Waals surface area (Å²) in [5.41, 5.74) is 2.35. The highest BCUT2D eigenvalue weighted by Gasteiger charge is 2.48. The van der Waals surface area contributed by atoms with E-state index < -0.39 is 5.60 Å². The first-order valence-electron chi connectivity index (χ1n) is 9.09. The molecular formula is C21H25FN2O. The molecule has 3 nitrogen and oxygen atoms in total. The van der Waals surface area contributed by atoms with Crippen molar-refractivity contribution in [3.8, 4) is 0 Å². The second-order valence-corrected chi connectivity index (χ2v) is 7.91. The number of hydrogen-bond acceptors (Lipinski definition) is 3. The van der Waals surface area contributed by atoms with Crippen LogP contribution in [0.25, 0.3) is 10.9 Å². The summed E-state index contributed by atoms with van der Waals surface area (Å²) >= 11 is 0. The van der Waals surface area contributed by atoms with Crippen LogP contribution in [0.5, 0.6) is 0 Å². The Labute approximate surface area is 148 Å². The third-order valence-corrected chi connectivity index (χ3v) is 6.20. The van der Waals surface area contributed by atoms with Crippen LogP contribution in [0.15, 0.2) is 42.7 Å². The number of pyridine rings is 1. The summed E-state index contributed by atoms with van der Waals surface area (Å²) < 4.78 is 13.7. The van der Waals surface area contributed by atoms with Crippen LogP contribution >= 0.6 is 0 Å². The van der Waals surface area contributed by atoms with Crippen molar-refractivity contribution in [3.05, 3.63) is 54.1 Å². The molecule has 132 valence electrons. The van der Waals surface area contributed by atoms with Crippen molar-refractivity contribution in [1.82, 2.24) is 10.3 Å². The van der Waals surface area contributed by atoms with Gasteiger partial charge in [0.2, 0.25) is 0 Å². The van der Waals surface area contributed by atoms with Crippen molar-refractivity contribution in [3.63, 3.8) is 0 Å². The van der Waals surface area contributed by atoms with Gasteiger partial charge in [-0.3, -0.25) is 4.98 Å². The lowest BCUT2D eigenvalue weighted by Gasteiger charge is -2.26. The van der Waals surface area contributed by atoms with Crippen LogP contribution in [-0.2, 0) is 0 Å². The molecule has 4 heteroatoms. The molecule has 0 saturated heterocycles. The Kier molecular flexibility index (Phi) is 4.03. The fourth-order valence-corrected chi connectivity index (χ4v) is 5.15. The zero-order valence-corrected chi connectivity index (χ0v) is 14.6. The fraction of sp³-hybridized carbons (Fsp3) is 0.476. The van der Waals surface area contributed by atoms with Gasteiger partial charge in [-0.15, -0.1) is 0 Å². The molecule has 2 N–H and O–H groups in total. The van der Waals surface area contributed by atoms with Gasteiger partial charge >= 0.3 is 0 Å². The van der Waals surface area contributed by atoms with Crippen LogP contribution in [0.3, 0.4) is 0 Å². The van der Waals surface area contributed by atoms with E-state index in [0.29, 0.717) is 24.2 Å². The molecule has 2 unspecified atom stereocenters. The molecule has 0 radical (unpaired) electrons. The highest BCUT2D eigenvalue weighted by Crippen LogP contribution is 2.55. The predicted molar refractivity (Wildman–Crippen MR) is 97.7 cm³/mol. The van der Waals surface area contributed by atoms with Crippen molar-refractivity contribution >= 4 is 10.9 Å². The van der Waals surface area contributed by atoms with E-state index in [-0.39, 0.29) is 5.82 Å². The van der Waals surface area contributed by atoms with E-state index in [4.69, 9.17) is 0 Å². The highest BCUT2D eigenvalue weighted by molar-refractivity contribution is 5.82. The normalized spacial score (nSPS) is 31.2. The Bertz CT molecular complexity index is 805. The number of nitrogens with one attached hydrogen (secondary N) is 1. The van der Waals surface area contributed by atoms with E-state index in [1.54, 1.807) is 12.1 Å². The van der Waals surface area contributed by atoms with Gasteiger partial charge in [-0.05, 0) is 73.3 Å². The van der Waals surface area contributed by atoms with Crippen LogP contribution in [0.4, 0.5) is 4.39 Å². The SMILES string of the molecule is C=C(CC1(O)CC2CC(c3ccnc4ccc(F)cc34)CC2C1)NC. The molecule has 0 amide bonds. The predicted octanol–water partition coefficient (Wildman–Crippen LogP) is 4.13. The van der Waals surface area contributed by atoms with Gasteiger partial charge in [-0.25, -0.2) is 4.39 Å². The molecule has 1 aromatic carbocycles. The maximum absolute atomic E-state index is 13.7. The van der Waals surface area contributed by atoms with Crippen molar-refractivity contribution in [2.75, 3.05) is 7.05 Å². The molecule has 1 heterocycles. The number of halogens is 1. The van der Waals surface area contributed by atoms with Gasteiger partial charge in [-0.1, -0.05) is 6.58 Å². The summed E-state index contributed by atoms with van der Waals surface area (Å²) in [7, 11) is 1.85. The van der Waals surface area contributed by atoms with Crippen LogP contribution in [0.2, 0.25) is 0 Å². The van der Waals surface area contributed by atoms with E-state index in [0.717, 1.165) is 42.3 Å². The zero-order valence-electron chi connectivity index (χ0n) is 14.6. The quantitative estimate of drug-likeness (QED) is 0.879. The minimum absolute atomic E-state index is 0.208. The summed E-state index contributed by atoms with van der Waals surface area (Å²) in [4.78, 5) is 4.37. The first-order valence-corrected chi connectivity index (χ1v) is 9.09. The maximum atomic E-state index is 13.7. The molecule has 2 fully saturated rings. The number of aromatic nitrogens is 1. The Balaban J connectivity index is 1.54. The highest BCUT2D eigenvalue weighted by atomic mass is 19.1. The molecule has 2 aromatic rings. The molecule has 2 saturated carbocycles. The number of hydrogen-bond donors (Lipinski definition) is 2. The molecule has 1 aromatic heterocycles. The fourth-order valence-electron chi connectivity index (χ4n) is 5.15. The van der Waals surface area contributed by atoms with Gasteiger partial charge in [0.1, 0.15) is 5.82 Å². The van der Waals surface area contributed by atoms with E-state index in [1.165, 1.54) is 11.6 Å². The van der Waals surface area contributed by atoms with Crippen molar-refractivity contribution in [2.24, 2.45) is 11.8 Å². The third kappa shape index (κ3) is 3.04. The number of aliphatic hydroxyl groups is 1. The molecule has 2 atom stereocenters. The van der Waals surface area contributed by atoms with Gasteiger partial charge in [-0.2, -0.15) is 0 Å². The van der Waals surface area contributed by atoms with Crippen molar-refractivity contribution in [2.45, 2.75) is 43.6 Å². The molecule has 0 spiro atoms. The van der Waals surface area contributed by atoms with E-state index >= 15 is 0 Å². The Morgan fingerprint density at radius 1 is 1.32 bits per heavy atom. The lowest BCUT2D eigenvalue weighted by molar-refractivity contribution is 0.0375. The third-order valence-electron chi connectivity index (χ3n) is 6.20.